The van der Waals surface area contributed by atoms with Crippen LogP contribution in [0.3, 0.4) is 0 Å². The highest BCUT2D eigenvalue weighted by molar-refractivity contribution is 5.81. The standard InChI is InChI=1S/C22H25NO3.C2H4O2/c1-12(24)14-11-21-7-6-20(14,2)19-22(21)8-9-23(3)16(21)10-13-4-5-15(25)18(26-19)17(13)22;1-2(3)4/h4-7,14,16,19,25H,8-11H2,1-3H3;1H3,(H,3,4)/t14-,16+,19-,20-,21+,22-;/m0./s1. The number of phenols is 1. The van der Waals surface area contributed by atoms with Crippen LogP contribution in [0.4, 0.5) is 0 Å². The van der Waals surface area contributed by atoms with Crippen molar-refractivity contribution in [1.82, 2.24) is 0 Å². The van der Waals surface area contributed by atoms with E-state index in [0.717, 1.165) is 32.7 Å². The number of aromatic hydroxyl groups is 1. The summed E-state index contributed by atoms with van der Waals surface area (Å²) in [5.74, 6) is 0.150. The van der Waals surface area contributed by atoms with Gasteiger partial charge >= 0.3 is 0 Å². The van der Waals surface area contributed by atoms with Crippen LogP contribution in [0, 0.1) is 16.7 Å². The lowest BCUT2D eigenvalue weighted by molar-refractivity contribution is -0.923. The van der Waals surface area contributed by atoms with E-state index < -0.39 is 5.97 Å². The fourth-order valence-electron chi connectivity index (χ4n) is 7.77. The summed E-state index contributed by atoms with van der Waals surface area (Å²) in [6.45, 7) is 6.04. The highest BCUT2D eigenvalue weighted by Gasteiger charge is 2.79. The molecular weight excluding hydrogens is 382 g/mol. The molecule has 160 valence electrons. The minimum absolute atomic E-state index is 0.00275. The number of Topliss-reactive ketones (excluding diaryl/α,β-unsaturated/α-hetero) is 1. The molecule has 6 heteroatoms. The molecule has 1 aromatic rings. The van der Waals surface area contributed by atoms with Crippen LogP contribution in [-0.4, -0.2) is 42.6 Å². The van der Waals surface area contributed by atoms with E-state index in [2.05, 4.69) is 32.2 Å². The van der Waals surface area contributed by atoms with Gasteiger partial charge in [0.15, 0.2) is 11.5 Å². The van der Waals surface area contributed by atoms with Crippen LogP contribution in [0.5, 0.6) is 11.5 Å². The number of fused-ring (bicyclic) bond motifs is 1. The van der Waals surface area contributed by atoms with Crippen LogP contribution in [0.1, 0.15) is 44.7 Å². The van der Waals surface area contributed by atoms with Gasteiger partial charge in [-0.2, -0.15) is 0 Å². The molecule has 2 fully saturated rings. The largest absolute Gasteiger partial charge is 0.550 e. The smallest absolute Gasteiger partial charge is 0.165 e. The molecule has 0 amide bonds. The third kappa shape index (κ3) is 2.03. The van der Waals surface area contributed by atoms with Crippen molar-refractivity contribution in [3.8, 4) is 11.5 Å². The molecule has 1 saturated heterocycles. The van der Waals surface area contributed by atoms with Gasteiger partial charge < -0.3 is 24.6 Å². The maximum Gasteiger partial charge on any atom is 0.165 e. The summed E-state index contributed by atoms with van der Waals surface area (Å²) in [5.41, 5.74) is 2.18. The number of phenolic OH excluding ortho intramolecular Hbond substituents is 1. The fourth-order valence-corrected chi connectivity index (χ4v) is 7.77. The van der Waals surface area contributed by atoms with Crippen LogP contribution in [0.2, 0.25) is 0 Å². The number of carboxylic acids is 1. The Kier molecular flexibility index (Phi) is 3.84. The van der Waals surface area contributed by atoms with Gasteiger partial charge in [-0.15, -0.1) is 0 Å². The molecule has 6 nitrogen and oxygen atoms in total. The topological polar surface area (TPSA) is 91.1 Å². The van der Waals surface area contributed by atoms with Crippen molar-refractivity contribution < 1.29 is 29.4 Å². The number of ketones is 1. The molecule has 0 aromatic heterocycles. The Balaban J connectivity index is 0.000000446. The van der Waals surface area contributed by atoms with Crippen molar-refractivity contribution in [3.63, 3.8) is 0 Å². The number of hydrogen-bond donors (Lipinski definition) is 2. The number of benzene rings is 1. The number of nitrogens with one attached hydrogen (secondary N) is 1. The number of carbonyl (C=O) groups is 2. The van der Waals surface area contributed by atoms with Gasteiger partial charge in [0.05, 0.1) is 24.4 Å². The number of likely N-dealkylation sites (tertiary alicyclic amines) is 1. The Bertz CT molecular complexity index is 998. The Labute approximate surface area is 176 Å². The zero-order chi connectivity index (χ0) is 21.6. The number of quaternary nitrogens is 1. The highest BCUT2D eigenvalue weighted by atomic mass is 16.5. The van der Waals surface area contributed by atoms with Crippen molar-refractivity contribution >= 4 is 11.8 Å². The summed E-state index contributed by atoms with van der Waals surface area (Å²) in [5, 5.41) is 19.5. The van der Waals surface area contributed by atoms with Gasteiger partial charge in [0.1, 0.15) is 17.9 Å². The lowest BCUT2D eigenvalue weighted by Gasteiger charge is -2.69. The maximum atomic E-state index is 12.6. The van der Waals surface area contributed by atoms with E-state index in [-0.39, 0.29) is 39.8 Å². The molecule has 7 rings (SSSR count). The SMILES string of the molecule is CC(=O)[C@@H]1C[C@@]23C=C[C@]1(C)[C@@H]1Oc4c(O)ccc5c4[C@@]12CC[NH+](C)[C@@H]3C5.CC(=O)[O-]. The van der Waals surface area contributed by atoms with Crippen LogP contribution in [0.25, 0.3) is 0 Å². The van der Waals surface area contributed by atoms with Gasteiger partial charge in [0.2, 0.25) is 0 Å². The molecular formula is C24H29NO5. The van der Waals surface area contributed by atoms with E-state index in [4.69, 9.17) is 14.6 Å². The first-order valence-electron chi connectivity index (χ1n) is 10.8. The number of ether oxygens (including phenoxy) is 1. The molecule has 1 aromatic carbocycles. The molecule has 4 bridgehead atoms. The summed E-state index contributed by atoms with van der Waals surface area (Å²) in [7, 11) is 2.31. The number of piperidine rings is 1. The van der Waals surface area contributed by atoms with Gasteiger partial charge in [-0.25, -0.2) is 0 Å². The summed E-state index contributed by atoms with van der Waals surface area (Å²) >= 11 is 0. The molecule has 1 unspecified atom stereocenters. The van der Waals surface area contributed by atoms with Crippen molar-refractivity contribution in [2.75, 3.05) is 13.6 Å². The Morgan fingerprint density at radius 2 is 1.97 bits per heavy atom. The third-order valence-electron chi connectivity index (χ3n) is 8.83. The van der Waals surface area contributed by atoms with Gasteiger partial charge in [0.25, 0.3) is 0 Å². The van der Waals surface area contributed by atoms with Crippen LogP contribution in [-0.2, 0) is 21.4 Å². The maximum absolute atomic E-state index is 12.6. The molecule has 2 spiro atoms. The van der Waals surface area contributed by atoms with Crippen LogP contribution < -0.4 is 14.7 Å². The molecule has 2 aliphatic heterocycles. The lowest BCUT2D eigenvalue weighted by atomic mass is 9.35. The first kappa shape index (κ1) is 19.6. The quantitative estimate of drug-likeness (QED) is 0.643. The zero-order valence-electron chi connectivity index (χ0n) is 18.0. The fraction of sp³-hybridized carbons (Fsp3) is 0.583. The second kappa shape index (κ2) is 5.88. The average molecular weight is 411 g/mol. The summed E-state index contributed by atoms with van der Waals surface area (Å²) < 4.78 is 6.59. The van der Waals surface area contributed by atoms with E-state index >= 15 is 0 Å². The monoisotopic (exact) mass is 411 g/mol. The molecule has 6 aliphatic rings. The molecule has 1 saturated carbocycles. The molecule has 2 N–H and O–H groups in total. The van der Waals surface area contributed by atoms with Gasteiger partial charge in [-0.05, 0) is 31.9 Å². The number of carbonyl (C=O) groups excluding carboxylic acids is 2. The normalized spacial score (nSPS) is 43.2. The third-order valence-corrected chi connectivity index (χ3v) is 8.83. The van der Waals surface area contributed by atoms with Crippen molar-refractivity contribution in [2.24, 2.45) is 16.7 Å². The predicted molar refractivity (Wildman–Crippen MR) is 107 cm³/mol. The van der Waals surface area contributed by atoms with Crippen LogP contribution in [0.15, 0.2) is 24.3 Å². The average Bonchev–Trinajstić information content (AvgIpc) is 3.04. The van der Waals surface area contributed by atoms with Gasteiger partial charge in [-0.3, -0.25) is 4.79 Å². The summed E-state index contributed by atoms with van der Waals surface area (Å²) in [4.78, 5) is 23.1. The molecule has 30 heavy (non-hydrogen) atoms. The summed E-state index contributed by atoms with van der Waals surface area (Å²) in [6, 6.07) is 4.37. The number of carboxylic acid groups (broad SMARTS) is 1. The molecule has 4 aliphatic carbocycles. The van der Waals surface area contributed by atoms with Crippen molar-refractivity contribution in [3.05, 3.63) is 35.4 Å². The second-order valence-corrected chi connectivity index (χ2v) is 10.1. The lowest BCUT2D eigenvalue weighted by Crippen LogP contribution is -3.18. The number of hydrogen-bond acceptors (Lipinski definition) is 5. The molecule has 0 radical (unpaired) electrons. The minimum Gasteiger partial charge on any atom is -0.550 e. The highest BCUT2D eigenvalue weighted by Crippen LogP contribution is 2.74. The Morgan fingerprint density at radius 3 is 2.63 bits per heavy atom. The Hall–Kier alpha value is -2.34. The van der Waals surface area contributed by atoms with Gasteiger partial charge in [0, 0.05) is 35.7 Å². The second-order valence-electron chi connectivity index (χ2n) is 10.1. The molecule has 2 heterocycles. The zero-order valence-corrected chi connectivity index (χ0v) is 18.0. The van der Waals surface area contributed by atoms with E-state index in [1.165, 1.54) is 11.1 Å². The minimum atomic E-state index is -1.08. The van der Waals surface area contributed by atoms with E-state index in [9.17, 15) is 9.90 Å². The first-order chi connectivity index (χ1) is 14.1. The predicted octanol–water partition coefficient (Wildman–Crippen LogP) is 0.162. The van der Waals surface area contributed by atoms with E-state index in [0.29, 0.717) is 11.8 Å². The molecule has 7 atom stereocenters. The first-order valence-corrected chi connectivity index (χ1v) is 10.8. The Morgan fingerprint density at radius 1 is 1.27 bits per heavy atom. The van der Waals surface area contributed by atoms with Crippen molar-refractivity contribution in [2.45, 2.75) is 57.6 Å². The number of rotatable bonds is 1. The summed E-state index contributed by atoms with van der Waals surface area (Å²) in [6.07, 6.45) is 7.69. The van der Waals surface area contributed by atoms with Gasteiger partial charge in [-0.1, -0.05) is 25.1 Å². The van der Waals surface area contributed by atoms with E-state index in [1.807, 2.05) is 0 Å². The number of aliphatic carboxylic acids is 1. The number of likely N-dealkylation sites (N-methyl/N-ethyl adjacent to an activating group) is 1. The van der Waals surface area contributed by atoms with Crippen molar-refractivity contribution in [1.29, 1.82) is 0 Å². The van der Waals surface area contributed by atoms with E-state index in [1.54, 1.807) is 17.9 Å². The van der Waals surface area contributed by atoms with Crippen LogP contribution >= 0.6 is 0 Å².